The number of rotatable bonds is 3. The van der Waals surface area contributed by atoms with E-state index in [0.717, 1.165) is 35.6 Å². The second kappa shape index (κ2) is 5.92. The van der Waals surface area contributed by atoms with Crippen LogP contribution in [0.25, 0.3) is 0 Å². The molecule has 1 aromatic rings. The monoisotopic (exact) mass is 340 g/mol. The Morgan fingerprint density at radius 3 is 2.70 bits per heavy atom. The number of halogens is 1. The maximum Gasteiger partial charge on any atom is 0.162 e. The number of hydrogen-bond donors (Lipinski definition) is 1. The third kappa shape index (κ3) is 2.95. The van der Waals surface area contributed by atoms with Crippen molar-refractivity contribution in [3.8, 4) is 11.5 Å². The van der Waals surface area contributed by atoms with Crippen molar-refractivity contribution in [1.82, 2.24) is 4.90 Å². The van der Waals surface area contributed by atoms with Crippen molar-refractivity contribution in [2.75, 3.05) is 26.3 Å². The molecule has 0 saturated carbocycles. The van der Waals surface area contributed by atoms with Gasteiger partial charge in [-0.15, -0.1) is 0 Å². The summed E-state index contributed by atoms with van der Waals surface area (Å²) in [7, 11) is 0. The van der Waals surface area contributed by atoms with Crippen molar-refractivity contribution in [3.63, 3.8) is 0 Å². The first-order valence-electron chi connectivity index (χ1n) is 7.19. The van der Waals surface area contributed by atoms with E-state index in [1.54, 1.807) is 0 Å². The lowest BCUT2D eigenvalue weighted by Gasteiger charge is -2.22. The van der Waals surface area contributed by atoms with Gasteiger partial charge in [-0.25, -0.2) is 0 Å². The zero-order valence-electron chi connectivity index (χ0n) is 11.8. The lowest BCUT2D eigenvalue weighted by molar-refractivity contribution is 0.171. The minimum Gasteiger partial charge on any atom is -0.486 e. The van der Waals surface area contributed by atoms with E-state index in [4.69, 9.17) is 15.2 Å². The summed E-state index contributed by atoms with van der Waals surface area (Å²) in [6.45, 7) is 6.49. The van der Waals surface area contributed by atoms with E-state index in [-0.39, 0.29) is 6.04 Å². The molecule has 2 N–H and O–H groups in total. The predicted molar refractivity (Wildman–Crippen MR) is 82.2 cm³/mol. The molecule has 0 radical (unpaired) electrons. The minimum atomic E-state index is 0.281. The number of benzene rings is 1. The van der Waals surface area contributed by atoms with Crippen LogP contribution in [0.4, 0.5) is 0 Å². The minimum absolute atomic E-state index is 0.281. The number of ether oxygens (including phenoxy) is 2. The Hall–Kier alpha value is -0.780. The second-order valence-corrected chi connectivity index (χ2v) is 6.58. The summed E-state index contributed by atoms with van der Waals surface area (Å²) in [5, 5.41) is 0. The fourth-order valence-corrected chi connectivity index (χ4v) is 3.35. The lowest BCUT2D eigenvalue weighted by atomic mass is 10.0. The van der Waals surface area contributed by atoms with E-state index in [9.17, 15) is 0 Å². The number of nitrogens with zero attached hydrogens (tertiary/aromatic N) is 1. The number of fused-ring (bicyclic) bond motifs is 1. The molecular formula is C15H21BrN2O2. The van der Waals surface area contributed by atoms with Gasteiger partial charge in [0.1, 0.15) is 13.2 Å². The van der Waals surface area contributed by atoms with Crippen molar-refractivity contribution >= 4 is 15.9 Å². The average Bonchev–Trinajstić information content (AvgIpc) is 2.88. The summed E-state index contributed by atoms with van der Waals surface area (Å²) in [4.78, 5) is 2.46. The average molecular weight is 341 g/mol. The number of likely N-dealkylation sites (tertiary alicyclic amines) is 1. The van der Waals surface area contributed by atoms with Gasteiger partial charge in [0, 0.05) is 23.6 Å². The Morgan fingerprint density at radius 1 is 1.35 bits per heavy atom. The normalized spacial score (nSPS) is 23.9. The highest BCUT2D eigenvalue weighted by Crippen LogP contribution is 2.36. The summed E-state index contributed by atoms with van der Waals surface area (Å²) < 4.78 is 12.3. The largest absolute Gasteiger partial charge is 0.486 e. The van der Waals surface area contributed by atoms with Gasteiger partial charge in [-0.1, -0.05) is 15.9 Å². The molecule has 20 heavy (non-hydrogen) atoms. The topological polar surface area (TPSA) is 47.7 Å². The van der Waals surface area contributed by atoms with E-state index in [2.05, 4.69) is 33.8 Å². The van der Waals surface area contributed by atoms with Crippen LogP contribution in [0.15, 0.2) is 16.6 Å². The maximum absolute atomic E-state index is 6.00. The van der Waals surface area contributed by atoms with Crippen LogP contribution >= 0.6 is 15.9 Å². The van der Waals surface area contributed by atoms with Crippen molar-refractivity contribution in [1.29, 1.82) is 0 Å². The molecule has 3 rings (SSSR count). The van der Waals surface area contributed by atoms with Gasteiger partial charge in [-0.05, 0) is 43.5 Å². The summed E-state index contributed by atoms with van der Waals surface area (Å²) in [6.07, 6.45) is 1.19. The quantitative estimate of drug-likeness (QED) is 0.917. The van der Waals surface area contributed by atoms with Gasteiger partial charge in [0.25, 0.3) is 0 Å². The molecule has 0 aliphatic carbocycles. The molecule has 2 unspecified atom stereocenters. The van der Waals surface area contributed by atoms with E-state index in [1.807, 2.05) is 6.07 Å². The van der Waals surface area contributed by atoms with Crippen LogP contribution in [0.2, 0.25) is 0 Å². The molecule has 4 nitrogen and oxygen atoms in total. The fraction of sp³-hybridized carbons (Fsp3) is 0.600. The van der Waals surface area contributed by atoms with Crippen LogP contribution < -0.4 is 15.2 Å². The molecule has 2 heterocycles. The molecule has 2 aliphatic heterocycles. The third-order valence-corrected chi connectivity index (χ3v) is 4.90. The van der Waals surface area contributed by atoms with Gasteiger partial charge >= 0.3 is 0 Å². The van der Waals surface area contributed by atoms with Crippen LogP contribution in [-0.4, -0.2) is 37.2 Å². The Labute approximate surface area is 128 Å². The van der Waals surface area contributed by atoms with Crippen LogP contribution in [0.5, 0.6) is 11.5 Å². The molecule has 0 bridgehead atoms. The standard InChI is InChI=1S/C15H21BrN2O2/c1-10(17)11-2-3-18(8-11)9-12-6-14-15(7-13(12)16)20-5-4-19-14/h6-7,10-11H,2-5,8-9,17H2,1H3. The smallest absolute Gasteiger partial charge is 0.162 e. The molecule has 110 valence electrons. The van der Waals surface area contributed by atoms with Crippen LogP contribution in [0.1, 0.15) is 18.9 Å². The van der Waals surface area contributed by atoms with Crippen LogP contribution in [0, 0.1) is 5.92 Å². The Balaban J connectivity index is 1.71. The van der Waals surface area contributed by atoms with E-state index in [1.165, 1.54) is 12.0 Å². The maximum atomic E-state index is 6.00. The first kappa shape index (κ1) is 14.2. The zero-order chi connectivity index (χ0) is 14.1. The molecule has 5 heteroatoms. The fourth-order valence-electron chi connectivity index (χ4n) is 2.90. The van der Waals surface area contributed by atoms with Crippen LogP contribution in [-0.2, 0) is 6.54 Å². The van der Waals surface area contributed by atoms with Gasteiger partial charge in [-0.3, -0.25) is 4.90 Å². The molecule has 2 aliphatic rings. The van der Waals surface area contributed by atoms with Gasteiger partial charge in [-0.2, -0.15) is 0 Å². The van der Waals surface area contributed by atoms with Crippen molar-refractivity contribution < 1.29 is 9.47 Å². The third-order valence-electron chi connectivity index (χ3n) is 4.16. The molecular weight excluding hydrogens is 320 g/mol. The molecule has 0 aromatic heterocycles. The van der Waals surface area contributed by atoms with Crippen molar-refractivity contribution in [2.24, 2.45) is 11.7 Å². The highest BCUT2D eigenvalue weighted by molar-refractivity contribution is 9.10. The summed E-state index contributed by atoms with van der Waals surface area (Å²) >= 11 is 3.64. The van der Waals surface area contributed by atoms with Gasteiger partial charge in [0.15, 0.2) is 11.5 Å². The molecule has 1 fully saturated rings. The Kier molecular flexibility index (Phi) is 4.19. The number of hydrogen-bond acceptors (Lipinski definition) is 4. The molecule has 2 atom stereocenters. The van der Waals surface area contributed by atoms with E-state index < -0.39 is 0 Å². The molecule has 0 amide bonds. The summed E-state index contributed by atoms with van der Waals surface area (Å²) in [5.41, 5.74) is 7.25. The van der Waals surface area contributed by atoms with Gasteiger partial charge < -0.3 is 15.2 Å². The van der Waals surface area contributed by atoms with Gasteiger partial charge in [0.05, 0.1) is 0 Å². The summed E-state index contributed by atoms with van der Waals surface area (Å²) in [5.74, 6) is 2.31. The highest BCUT2D eigenvalue weighted by atomic mass is 79.9. The van der Waals surface area contributed by atoms with Crippen molar-refractivity contribution in [2.45, 2.75) is 25.9 Å². The SMILES string of the molecule is CC(N)C1CCN(Cc2cc3c(cc2Br)OCCO3)C1. The van der Waals surface area contributed by atoms with Crippen molar-refractivity contribution in [3.05, 3.63) is 22.2 Å². The summed E-state index contributed by atoms with van der Waals surface area (Å²) in [6, 6.07) is 4.39. The lowest BCUT2D eigenvalue weighted by Crippen LogP contribution is -2.29. The Morgan fingerprint density at radius 2 is 2.05 bits per heavy atom. The first-order valence-corrected chi connectivity index (χ1v) is 7.99. The van der Waals surface area contributed by atoms with Gasteiger partial charge in [0.2, 0.25) is 0 Å². The molecule has 1 aromatic carbocycles. The first-order chi connectivity index (χ1) is 9.63. The Bertz CT molecular complexity index is 493. The highest BCUT2D eigenvalue weighted by Gasteiger charge is 2.26. The van der Waals surface area contributed by atoms with E-state index >= 15 is 0 Å². The molecule has 0 spiro atoms. The number of nitrogens with two attached hydrogens (primary N) is 1. The predicted octanol–water partition coefficient (Wildman–Crippen LogP) is 2.39. The zero-order valence-corrected chi connectivity index (χ0v) is 13.4. The second-order valence-electron chi connectivity index (χ2n) is 5.73. The van der Waals surface area contributed by atoms with E-state index in [0.29, 0.717) is 19.1 Å². The molecule has 1 saturated heterocycles. The van der Waals surface area contributed by atoms with Crippen LogP contribution in [0.3, 0.4) is 0 Å².